The molecule has 0 bridgehead atoms. The Kier molecular flexibility index (Phi) is 3.92. The van der Waals surface area contributed by atoms with E-state index < -0.39 is 0 Å². The van der Waals surface area contributed by atoms with Gasteiger partial charge in [-0.1, -0.05) is 6.07 Å². The van der Waals surface area contributed by atoms with Crippen molar-refractivity contribution < 1.29 is 9.53 Å². The third kappa shape index (κ3) is 2.98. The van der Waals surface area contributed by atoms with Gasteiger partial charge in [-0.05, 0) is 24.6 Å². The normalized spacial score (nSPS) is 21.5. The minimum absolute atomic E-state index is 0.0755. The highest BCUT2D eigenvalue weighted by molar-refractivity contribution is 8.01. The molecule has 2 saturated heterocycles. The number of aryl methyl sites for hydroxylation is 1. The number of carbonyl (C=O) groups is 1. The number of nitrogens with zero attached hydrogens (tertiary/aromatic N) is 3. The van der Waals surface area contributed by atoms with E-state index in [1.54, 1.807) is 18.6 Å². The van der Waals surface area contributed by atoms with Crippen LogP contribution < -0.4 is 4.74 Å². The monoisotopic (exact) mass is 341 g/mol. The zero-order valence-electron chi connectivity index (χ0n) is 13.5. The van der Waals surface area contributed by atoms with Crippen molar-refractivity contribution in [3.8, 4) is 5.88 Å². The molecule has 0 radical (unpaired) electrons. The van der Waals surface area contributed by atoms with Crippen molar-refractivity contribution in [1.82, 2.24) is 14.9 Å². The first kappa shape index (κ1) is 15.4. The van der Waals surface area contributed by atoms with E-state index in [2.05, 4.69) is 9.97 Å². The van der Waals surface area contributed by atoms with Crippen molar-refractivity contribution in [3.05, 3.63) is 54.0 Å². The number of thioether (sulfide) groups is 1. The molecule has 2 fully saturated rings. The van der Waals surface area contributed by atoms with Gasteiger partial charge in [-0.15, -0.1) is 11.8 Å². The molecule has 2 aromatic heterocycles. The van der Waals surface area contributed by atoms with Crippen LogP contribution in [0.5, 0.6) is 5.88 Å². The predicted octanol–water partition coefficient (Wildman–Crippen LogP) is 2.56. The van der Waals surface area contributed by atoms with Crippen molar-refractivity contribution in [2.45, 2.75) is 24.2 Å². The minimum atomic E-state index is 0.0755. The van der Waals surface area contributed by atoms with E-state index >= 15 is 0 Å². The number of amides is 1. The van der Waals surface area contributed by atoms with Gasteiger partial charge in [-0.3, -0.25) is 9.78 Å². The molecule has 4 heterocycles. The fourth-order valence-electron chi connectivity index (χ4n) is 3.33. The summed E-state index contributed by atoms with van der Waals surface area (Å²) in [7, 11) is 0. The topological polar surface area (TPSA) is 55.3 Å². The minimum Gasteiger partial charge on any atom is -0.473 e. The smallest absolute Gasteiger partial charge is 0.255 e. The molecule has 2 aromatic rings. The molecule has 24 heavy (non-hydrogen) atoms. The van der Waals surface area contributed by atoms with Crippen LogP contribution in [0.4, 0.5) is 0 Å². The molecule has 1 atom stereocenters. The highest BCUT2D eigenvalue weighted by Crippen LogP contribution is 2.46. The van der Waals surface area contributed by atoms with Gasteiger partial charge >= 0.3 is 0 Å². The molecule has 1 amide bonds. The molecule has 6 heteroatoms. The van der Waals surface area contributed by atoms with E-state index in [0.717, 1.165) is 30.8 Å². The predicted molar refractivity (Wildman–Crippen MR) is 93.3 cm³/mol. The first-order valence-corrected chi connectivity index (χ1v) is 9.05. The number of hydrogen-bond donors (Lipinski definition) is 0. The Morgan fingerprint density at radius 1 is 1.38 bits per heavy atom. The Morgan fingerprint density at radius 2 is 2.25 bits per heavy atom. The first-order chi connectivity index (χ1) is 11.6. The molecule has 0 aliphatic carbocycles. The van der Waals surface area contributed by atoms with Gasteiger partial charge in [-0.25, -0.2) is 4.98 Å². The maximum Gasteiger partial charge on any atom is 0.255 e. The third-order valence-corrected chi connectivity index (χ3v) is 6.04. The summed E-state index contributed by atoms with van der Waals surface area (Å²) in [5, 5.41) is 0. The molecule has 2 aliphatic heterocycles. The molecule has 0 N–H and O–H groups in total. The van der Waals surface area contributed by atoms with Crippen LogP contribution in [-0.2, 0) is 0 Å². The van der Waals surface area contributed by atoms with E-state index in [4.69, 9.17) is 4.74 Å². The zero-order chi connectivity index (χ0) is 16.6. The lowest BCUT2D eigenvalue weighted by Gasteiger charge is -2.47. The van der Waals surface area contributed by atoms with Gasteiger partial charge in [0.25, 0.3) is 5.91 Å². The Labute approximate surface area is 145 Å². The average molecular weight is 341 g/mol. The van der Waals surface area contributed by atoms with Gasteiger partial charge in [0.1, 0.15) is 6.10 Å². The van der Waals surface area contributed by atoms with Crippen LogP contribution in [0.25, 0.3) is 0 Å². The van der Waals surface area contributed by atoms with Gasteiger partial charge < -0.3 is 9.64 Å². The summed E-state index contributed by atoms with van der Waals surface area (Å²) < 4.78 is 6.10. The second kappa shape index (κ2) is 6.09. The fraction of sp³-hybridized carbons (Fsp3) is 0.389. The summed E-state index contributed by atoms with van der Waals surface area (Å²) in [6, 6.07) is 7.60. The summed E-state index contributed by atoms with van der Waals surface area (Å²) >= 11 is 1.92. The fourth-order valence-corrected chi connectivity index (χ4v) is 4.86. The van der Waals surface area contributed by atoms with Crippen molar-refractivity contribution >= 4 is 17.7 Å². The van der Waals surface area contributed by atoms with Gasteiger partial charge in [-0.2, -0.15) is 0 Å². The van der Waals surface area contributed by atoms with E-state index in [9.17, 15) is 4.79 Å². The van der Waals surface area contributed by atoms with Crippen molar-refractivity contribution in [1.29, 1.82) is 0 Å². The van der Waals surface area contributed by atoms with Crippen LogP contribution >= 0.6 is 11.8 Å². The summed E-state index contributed by atoms with van der Waals surface area (Å²) in [5.74, 6) is 1.70. The van der Waals surface area contributed by atoms with E-state index in [0.29, 0.717) is 11.4 Å². The van der Waals surface area contributed by atoms with Gasteiger partial charge in [0.2, 0.25) is 5.88 Å². The molecular formula is C18H19N3O2S. The van der Waals surface area contributed by atoms with E-state index in [1.807, 2.05) is 47.9 Å². The highest BCUT2D eigenvalue weighted by Gasteiger charge is 2.51. The summed E-state index contributed by atoms with van der Waals surface area (Å²) in [4.78, 5) is 22.8. The van der Waals surface area contributed by atoms with Crippen LogP contribution in [0.2, 0.25) is 0 Å². The average Bonchev–Trinajstić information content (AvgIpc) is 2.98. The quantitative estimate of drug-likeness (QED) is 0.859. The molecule has 0 saturated carbocycles. The van der Waals surface area contributed by atoms with Gasteiger partial charge in [0, 0.05) is 49.9 Å². The van der Waals surface area contributed by atoms with Crippen LogP contribution in [0.3, 0.4) is 0 Å². The number of pyridine rings is 2. The molecular weight excluding hydrogens is 322 g/mol. The van der Waals surface area contributed by atoms with Crippen LogP contribution in [0, 0.1) is 6.92 Å². The van der Waals surface area contributed by atoms with Gasteiger partial charge in [0.15, 0.2) is 0 Å². The van der Waals surface area contributed by atoms with Crippen molar-refractivity contribution in [3.63, 3.8) is 0 Å². The lowest BCUT2D eigenvalue weighted by molar-refractivity contribution is 0.0515. The lowest BCUT2D eigenvalue weighted by Crippen LogP contribution is -2.60. The number of ether oxygens (including phenoxy) is 1. The summed E-state index contributed by atoms with van der Waals surface area (Å²) in [6.07, 6.45) is 6.29. The number of carbonyl (C=O) groups excluding carboxylic acids is 1. The van der Waals surface area contributed by atoms with Crippen molar-refractivity contribution in [2.24, 2.45) is 0 Å². The second-order valence-electron chi connectivity index (χ2n) is 6.52. The van der Waals surface area contributed by atoms with E-state index in [1.165, 1.54) is 0 Å². The van der Waals surface area contributed by atoms with Crippen LogP contribution in [0.1, 0.15) is 22.3 Å². The summed E-state index contributed by atoms with van der Waals surface area (Å²) in [5.41, 5.74) is 1.68. The number of hydrogen-bond acceptors (Lipinski definition) is 5. The summed E-state index contributed by atoms with van der Waals surface area (Å²) in [6.45, 7) is 3.52. The molecule has 5 nitrogen and oxygen atoms in total. The highest BCUT2D eigenvalue weighted by atomic mass is 32.2. The Hall–Kier alpha value is -2.08. The zero-order valence-corrected chi connectivity index (χ0v) is 14.3. The molecule has 0 aromatic carbocycles. The molecule has 2 aliphatic rings. The maximum absolute atomic E-state index is 12.5. The van der Waals surface area contributed by atoms with E-state index in [-0.39, 0.29) is 16.8 Å². The Morgan fingerprint density at radius 3 is 3.00 bits per heavy atom. The van der Waals surface area contributed by atoms with Gasteiger partial charge in [0.05, 0.1) is 10.3 Å². The van der Waals surface area contributed by atoms with Crippen molar-refractivity contribution in [2.75, 3.05) is 18.8 Å². The Balaban J connectivity index is 1.34. The van der Waals surface area contributed by atoms with Crippen LogP contribution in [0.15, 0.2) is 42.9 Å². The molecule has 1 unspecified atom stereocenters. The maximum atomic E-state index is 12.5. The van der Waals surface area contributed by atoms with Crippen LogP contribution in [-0.4, -0.2) is 50.5 Å². The molecule has 4 rings (SSSR count). The number of likely N-dealkylation sites (tertiary alicyclic amines) is 1. The molecule has 1 spiro atoms. The number of aromatic nitrogens is 2. The molecule has 124 valence electrons. The first-order valence-electron chi connectivity index (χ1n) is 8.06. The SMILES string of the molecule is Cc1cncc(C(=O)N2CC3(CC(Oc4ccccn4)CS3)C2)c1. The second-order valence-corrected chi connectivity index (χ2v) is 8.01. The largest absolute Gasteiger partial charge is 0.473 e. The third-order valence-electron chi connectivity index (χ3n) is 4.47. The number of rotatable bonds is 3. The lowest BCUT2D eigenvalue weighted by atomic mass is 9.92. The standard InChI is InChI=1S/C18H19N3O2S/c1-13-6-14(9-19-8-13)17(22)21-11-18(12-21)7-15(10-24-18)23-16-4-2-3-5-20-16/h2-6,8-9,15H,7,10-12H2,1H3. The Bertz CT molecular complexity index is 747.